The molecule has 0 spiro atoms. The molecule has 0 aromatic rings. The summed E-state index contributed by atoms with van der Waals surface area (Å²) in [5.41, 5.74) is 0. The number of rotatable bonds is 3. The summed E-state index contributed by atoms with van der Waals surface area (Å²) < 4.78 is 5.64. The third-order valence-electron chi connectivity index (χ3n) is 2.33. The molecule has 0 unspecified atom stereocenters. The summed E-state index contributed by atoms with van der Waals surface area (Å²) in [6.07, 6.45) is 2.31. The van der Waals surface area contributed by atoms with E-state index in [-0.39, 0.29) is 18.1 Å². The van der Waals surface area contributed by atoms with E-state index in [1.165, 1.54) is 0 Å². The third kappa shape index (κ3) is 3.27. The van der Waals surface area contributed by atoms with Gasteiger partial charge in [0.25, 0.3) is 0 Å². The van der Waals surface area contributed by atoms with E-state index < -0.39 is 6.61 Å². The van der Waals surface area contributed by atoms with Gasteiger partial charge in [-0.15, -0.1) is 0 Å². The van der Waals surface area contributed by atoms with Crippen molar-refractivity contribution >= 4 is 5.91 Å². The summed E-state index contributed by atoms with van der Waals surface area (Å²) in [5.74, 6) is -0.193. The predicted octanol–water partition coefficient (Wildman–Crippen LogP) is 0.395. The van der Waals surface area contributed by atoms with Crippen LogP contribution < -0.4 is 0 Å². The molecule has 1 amide bonds. The van der Waals surface area contributed by atoms with E-state index in [0.717, 1.165) is 19.4 Å². The van der Waals surface area contributed by atoms with Crippen LogP contribution in [0, 0.1) is 0 Å². The molecule has 0 radical (unpaired) electrons. The molecule has 1 N–H and O–H groups in total. The molecule has 1 heterocycles. The van der Waals surface area contributed by atoms with E-state index >= 15 is 0 Å². The van der Waals surface area contributed by atoms with Crippen LogP contribution in [0.25, 0.3) is 0 Å². The van der Waals surface area contributed by atoms with Crippen LogP contribution in [0.15, 0.2) is 0 Å². The van der Waals surface area contributed by atoms with E-state index in [4.69, 9.17) is 9.84 Å². The average molecular weight is 201 g/mol. The topological polar surface area (TPSA) is 49.8 Å². The smallest absolute Gasteiger partial charge is 0.248 e. The largest absolute Gasteiger partial charge is 0.387 e. The first-order valence-electron chi connectivity index (χ1n) is 5.17. The highest BCUT2D eigenvalue weighted by Gasteiger charge is 2.23. The van der Waals surface area contributed by atoms with Gasteiger partial charge in [0, 0.05) is 13.1 Å². The first kappa shape index (κ1) is 11.5. The Labute approximate surface area is 84.8 Å². The third-order valence-corrected chi connectivity index (χ3v) is 2.33. The Kier molecular flexibility index (Phi) is 4.35. The average Bonchev–Trinajstić information content (AvgIpc) is 2.16. The molecule has 82 valence electrons. The maximum atomic E-state index is 11.2. The second kappa shape index (κ2) is 5.32. The minimum Gasteiger partial charge on any atom is -0.387 e. The van der Waals surface area contributed by atoms with Crippen LogP contribution in [0.5, 0.6) is 0 Å². The van der Waals surface area contributed by atoms with Gasteiger partial charge in [-0.2, -0.15) is 0 Å². The summed E-state index contributed by atoms with van der Waals surface area (Å²) in [6.45, 7) is 4.96. The molecule has 4 heteroatoms. The van der Waals surface area contributed by atoms with E-state index in [1.54, 1.807) is 4.90 Å². The number of nitrogens with zero attached hydrogens (tertiary/aromatic N) is 1. The molecule has 1 aliphatic rings. The van der Waals surface area contributed by atoms with Crippen molar-refractivity contribution in [3.63, 3.8) is 0 Å². The molecule has 1 fully saturated rings. The number of carbonyl (C=O) groups is 1. The van der Waals surface area contributed by atoms with Crippen molar-refractivity contribution < 1.29 is 14.6 Å². The highest BCUT2D eigenvalue weighted by molar-refractivity contribution is 5.77. The Morgan fingerprint density at radius 1 is 1.64 bits per heavy atom. The Hall–Kier alpha value is -0.610. The van der Waals surface area contributed by atoms with Gasteiger partial charge in [-0.25, -0.2) is 0 Å². The van der Waals surface area contributed by atoms with Crippen LogP contribution >= 0.6 is 0 Å². The Bertz CT molecular complexity index is 194. The first-order valence-corrected chi connectivity index (χ1v) is 5.17. The van der Waals surface area contributed by atoms with Crippen LogP contribution in [0.4, 0.5) is 0 Å². The first-order chi connectivity index (χ1) is 6.63. The van der Waals surface area contributed by atoms with Crippen molar-refractivity contribution in [2.45, 2.75) is 38.9 Å². The lowest BCUT2D eigenvalue weighted by atomic mass is 10.1. The molecule has 0 aromatic heterocycles. The van der Waals surface area contributed by atoms with Crippen LogP contribution in [-0.2, 0) is 9.53 Å². The van der Waals surface area contributed by atoms with Crippen molar-refractivity contribution in [2.75, 3.05) is 19.7 Å². The molecule has 0 bridgehead atoms. The van der Waals surface area contributed by atoms with Crippen LogP contribution in [0.3, 0.4) is 0 Å². The molecule has 1 atom stereocenters. The number of aliphatic hydroxyl groups is 1. The quantitative estimate of drug-likeness (QED) is 0.719. The van der Waals surface area contributed by atoms with Crippen LogP contribution in [0.1, 0.15) is 26.7 Å². The van der Waals surface area contributed by atoms with E-state index in [9.17, 15) is 4.79 Å². The predicted molar refractivity (Wildman–Crippen MR) is 52.9 cm³/mol. The van der Waals surface area contributed by atoms with Gasteiger partial charge in [-0.1, -0.05) is 0 Å². The van der Waals surface area contributed by atoms with E-state index in [1.807, 2.05) is 13.8 Å². The van der Waals surface area contributed by atoms with Crippen molar-refractivity contribution in [3.8, 4) is 0 Å². The molecule has 1 aliphatic heterocycles. The number of ether oxygens (including phenoxy) is 1. The maximum absolute atomic E-state index is 11.2. The van der Waals surface area contributed by atoms with Gasteiger partial charge in [0.15, 0.2) is 0 Å². The second-order valence-electron chi connectivity index (χ2n) is 3.95. The number of carbonyl (C=O) groups excluding carboxylic acids is 1. The zero-order valence-corrected chi connectivity index (χ0v) is 8.90. The Balaban J connectivity index is 2.39. The summed E-state index contributed by atoms with van der Waals surface area (Å²) in [6, 6.07) is 0. The fourth-order valence-electron chi connectivity index (χ4n) is 1.76. The minimum atomic E-state index is -0.394. The normalized spacial score (nSPS) is 22.9. The summed E-state index contributed by atoms with van der Waals surface area (Å²) in [4.78, 5) is 12.9. The number of likely N-dealkylation sites (tertiary alicyclic amines) is 1. The SMILES string of the molecule is CC(C)O[C@H]1CCCN(C(=O)CO)C1. The molecule has 0 aliphatic carbocycles. The van der Waals surface area contributed by atoms with Gasteiger partial charge < -0.3 is 14.7 Å². The molecular formula is C10H19NO3. The van der Waals surface area contributed by atoms with Gasteiger partial charge in [-0.05, 0) is 26.7 Å². The second-order valence-corrected chi connectivity index (χ2v) is 3.95. The van der Waals surface area contributed by atoms with Crippen LogP contribution in [0.2, 0.25) is 0 Å². The fourth-order valence-corrected chi connectivity index (χ4v) is 1.76. The lowest BCUT2D eigenvalue weighted by Crippen LogP contribution is -2.44. The summed E-state index contributed by atoms with van der Waals surface area (Å²) in [5, 5.41) is 8.72. The minimum absolute atomic E-state index is 0.138. The lowest BCUT2D eigenvalue weighted by molar-refractivity contribution is -0.139. The van der Waals surface area contributed by atoms with Gasteiger partial charge in [0.1, 0.15) is 6.61 Å². The fraction of sp³-hybridized carbons (Fsp3) is 0.900. The number of amides is 1. The molecule has 1 saturated heterocycles. The zero-order valence-electron chi connectivity index (χ0n) is 8.90. The van der Waals surface area contributed by atoms with Crippen molar-refractivity contribution in [1.82, 2.24) is 4.90 Å². The molecule has 4 nitrogen and oxygen atoms in total. The molecule has 0 aromatic carbocycles. The number of hydrogen-bond acceptors (Lipinski definition) is 3. The standard InChI is InChI=1S/C10H19NO3/c1-8(2)14-9-4-3-5-11(6-9)10(13)7-12/h8-9,12H,3-7H2,1-2H3/t9-/m0/s1. The molecule has 0 saturated carbocycles. The van der Waals surface area contributed by atoms with Crippen molar-refractivity contribution in [2.24, 2.45) is 0 Å². The van der Waals surface area contributed by atoms with Crippen molar-refractivity contribution in [1.29, 1.82) is 0 Å². The summed E-state index contributed by atoms with van der Waals surface area (Å²) in [7, 11) is 0. The maximum Gasteiger partial charge on any atom is 0.248 e. The molecule has 1 rings (SSSR count). The highest BCUT2D eigenvalue weighted by atomic mass is 16.5. The zero-order chi connectivity index (χ0) is 10.6. The van der Waals surface area contributed by atoms with E-state index in [0.29, 0.717) is 6.54 Å². The number of piperidine rings is 1. The van der Waals surface area contributed by atoms with E-state index in [2.05, 4.69) is 0 Å². The Morgan fingerprint density at radius 3 is 2.93 bits per heavy atom. The molecular weight excluding hydrogens is 182 g/mol. The van der Waals surface area contributed by atoms with Gasteiger partial charge >= 0.3 is 0 Å². The number of hydrogen-bond donors (Lipinski definition) is 1. The van der Waals surface area contributed by atoms with Crippen molar-refractivity contribution in [3.05, 3.63) is 0 Å². The van der Waals surface area contributed by atoms with Crippen LogP contribution in [-0.4, -0.2) is 47.8 Å². The lowest BCUT2D eigenvalue weighted by Gasteiger charge is -2.33. The van der Waals surface area contributed by atoms with Gasteiger partial charge in [-0.3, -0.25) is 4.79 Å². The number of aliphatic hydroxyl groups excluding tert-OH is 1. The monoisotopic (exact) mass is 201 g/mol. The van der Waals surface area contributed by atoms with Gasteiger partial charge in [0.2, 0.25) is 5.91 Å². The summed E-state index contributed by atoms with van der Waals surface area (Å²) >= 11 is 0. The Morgan fingerprint density at radius 2 is 2.36 bits per heavy atom. The van der Waals surface area contributed by atoms with Gasteiger partial charge in [0.05, 0.1) is 12.2 Å². The highest BCUT2D eigenvalue weighted by Crippen LogP contribution is 2.14. The molecule has 14 heavy (non-hydrogen) atoms.